The second-order valence-electron chi connectivity index (χ2n) is 6.41. The highest BCUT2D eigenvalue weighted by molar-refractivity contribution is 6.30. The van der Waals surface area contributed by atoms with Gasteiger partial charge in [-0.3, -0.25) is 9.59 Å². The highest BCUT2D eigenvalue weighted by atomic mass is 35.5. The Kier molecular flexibility index (Phi) is 4.39. The first-order valence-electron chi connectivity index (χ1n) is 7.89. The third kappa shape index (κ3) is 3.12. The van der Waals surface area contributed by atoms with E-state index in [1.54, 1.807) is 17.0 Å². The Morgan fingerprint density at radius 3 is 2.64 bits per heavy atom. The van der Waals surface area contributed by atoms with Crippen molar-refractivity contribution in [2.24, 2.45) is 11.8 Å². The summed E-state index contributed by atoms with van der Waals surface area (Å²) in [6.07, 6.45) is 2.56. The molecule has 0 spiro atoms. The van der Waals surface area contributed by atoms with Crippen LogP contribution >= 0.6 is 11.6 Å². The molecule has 2 fully saturated rings. The summed E-state index contributed by atoms with van der Waals surface area (Å²) in [5.74, 6) is 0.498. The lowest BCUT2D eigenvalue weighted by molar-refractivity contribution is -0.137. The molecule has 0 aromatic heterocycles. The SMILES string of the molecule is C[C@H]1CCCN(C(=O)[C@H]2CC(=O)N(c3ccc(Cl)cc3)C2)C1. The first kappa shape index (κ1) is 15.3. The van der Waals surface area contributed by atoms with Crippen molar-refractivity contribution in [3.8, 4) is 0 Å². The zero-order valence-electron chi connectivity index (χ0n) is 12.8. The van der Waals surface area contributed by atoms with Crippen LogP contribution in [0.15, 0.2) is 24.3 Å². The van der Waals surface area contributed by atoms with Crippen LogP contribution in [0.3, 0.4) is 0 Å². The Hall–Kier alpha value is -1.55. The molecule has 5 heteroatoms. The van der Waals surface area contributed by atoms with Crippen LogP contribution in [-0.4, -0.2) is 36.3 Å². The highest BCUT2D eigenvalue weighted by Crippen LogP contribution is 2.28. The second-order valence-corrected chi connectivity index (χ2v) is 6.85. The normalized spacial score (nSPS) is 25.6. The molecule has 1 aromatic rings. The molecule has 0 N–H and O–H groups in total. The fourth-order valence-electron chi connectivity index (χ4n) is 3.39. The van der Waals surface area contributed by atoms with Crippen molar-refractivity contribution in [1.82, 2.24) is 4.90 Å². The van der Waals surface area contributed by atoms with E-state index in [1.165, 1.54) is 6.42 Å². The fourth-order valence-corrected chi connectivity index (χ4v) is 3.52. The number of anilines is 1. The molecular weight excluding hydrogens is 300 g/mol. The lowest BCUT2D eigenvalue weighted by Gasteiger charge is -2.32. The number of rotatable bonds is 2. The van der Waals surface area contributed by atoms with E-state index >= 15 is 0 Å². The standard InChI is InChI=1S/C17H21ClN2O2/c1-12-3-2-8-19(10-12)17(22)13-9-16(21)20(11-13)15-6-4-14(18)5-7-15/h4-7,12-13H,2-3,8-11H2,1H3/t12-,13-/m0/s1. The summed E-state index contributed by atoms with van der Waals surface area (Å²) in [7, 11) is 0. The maximum Gasteiger partial charge on any atom is 0.228 e. The van der Waals surface area contributed by atoms with Crippen molar-refractivity contribution in [3.63, 3.8) is 0 Å². The molecule has 3 rings (SSSR count). The van der Waals surface area contributed by atoms with Crippen molar-refractivity contribution < 1.29 is 9.59 Å². The smallest absolute Gasteiger partial charge is 0.228 e. The van der Waals surface area contributed by atoms with Crippen molar-refractivity contribution in [2.45, 2.75) is 26.2 Å². The van der Waals surface area contributed by atoms with Crippen LogP contribution in [0, 0.1) is 11.8 Å². The molecule has 0 bridgehead atoms. The molecule has 2 saturated heterocycles. The number of carbonyl (C=O) groups excluding carboxylic acids is 2. The summed E-state index contributed by atoms with van der Waals surface area (Å²) < 4.78 is 0. The van der Waals surface area contributed by atoms with E-state index in [0.717, 1.165) is 25.2 Å². The van der Waals surface area contributed by atoms with E-state index in [9.17, 15) is 9.59 Å². The summed E-state index contributed by atoms with van der Waals surface area (Å²) in [5, 5.41) is 0.644. The van der Waals surface area contributed by atoms with Gasteiger partial charge in [0.05, 0.1) is 5.92 Å². The van der Waals surface area contributed by atoms with Gasteiger partial charge in [-0.1, -0.05) is 18.5 Å². The number of amides is 2. The average Bonchev–Trinajstić information content (AvgIpc) is 2.89. The van der Waals surface area contributed by atoms with E-state index in [-0.39, 0.29) is 17.7 Å². The number of benzene rings is 1. The van der Waals surface area contributed by atoms with Gasteiger partial charge in [-0.25, -0.2) is 0 Å². The number of likely N-dealkylation sites (tertiary alicyclic amines) is 1. The molecule has 2 aliphatic rings. The average molecular weight is 321 g/mol. The van der Waals surface area contributed by atoms with Crippen molar-refractivity contribution in [1.29, 1.82) is 0 Å². The van der Waals surface area contributed by atoms with Crippen LogP contribution in [0.4, 0.5) is 5.69 Å². The van der Waals surface area contributed by atoms with Gasteiger partial charge in [0.25, 0.3) is 0 Å². The third-order valence-corrected chi connectivity index (χ3v) is 4.83. The summed E-state index contributed by atoms with van der Waals surface area (Å²) >= 11 is 5.88. The number of carbonyl (C=O) groups is 2. The Bertz CT molecular complexity index is 573. The van der Waals surface area contributed by atoms with Gasteiger partial charge in [-0.15, -0.1) is 0 Å². The Labute approximate surface area is 136 Å². The summed E-state index contributed by atoms with van der Waals surface area (Å²) in [4.78, 5) is 28.5. The van der Waals surface area contributed by atoms with Crippen LogP contribution in [0.5, 0.6) is 0 Å². The summed E-state index contributed by atoms with van der Waals surface area (Å²) in [5.41, 5.74) is 0.816. The minimum atomic E-state index is -0.214. The van der Waals surface area contributed by atoms with E-state index in [0.29, 0.717) is 23.9 Å². The molecule has 2 aliphatic heterocycles. The van der Waals surface area contributed by atoms with E-state index in [4.69, 9.17) is 11.6 Å². The summed E-state index contributed by atoms with van der Waals surface area (Å²) in [6.45, 7) is 4.31. The van der Waals surface area contributed by atoms with Crippen LogP contribution < -0.4 is 4.90 Å². The minimum absolute atomic E-state index is 0.0192. The van der Waals surface area contributed by atoms with Gasteiger partial charge in [0.2, 0.25) is 11.8 Å². The molecule has 0 saturated carbocycles. The monoisotopic (exact) mass is 320 g/mol. The number of hydrogen-bond donors (Lipinski definition) is 0. The molecule has 2 heterocycles. The van der Waals surface area contributed by atoms with Crippen molar-refractivity contribution >= 4 is 29.1 Å². The number of halogens is 1. The van der Waals surface area contributed by atoms with E-state index in [1.807, 2.05) is 17.0 Å². The van der Waals surface area contributed by atoms with E-state index in [2.05, 4.69) is 6.92 Å². The molecule has 1 aromatic carbocycles. The molecular formula is C17H21ClN2O2. The van der Waals surface area contributed by atoms with Crippen LogP contribution in [0.25, 0.3) is 0 Å². The molecule has 0 radical (unpaired) electrons. The van der Waals surface area contributed by atoms with Gasteiger partial charge in [-0.05, 0) is 43.0 Å². The van der Waals surface area contributed by atoms with Gasteiger partial charge in [-0.2, -0.15) is 0 Å². The predicted molar refractivity (Wildman–Crippen MR) is 86.9 cm³/mol. The van der Waals surface area contributed by atoms with Gasteiger partial charge in [0.1, 0.15) is 0 Å². The zero-order chi connectivity index (χ0) is 15.7. The van der Waals surface area contributed by atoms with Crippen LogP contribution in [0.1, 0.15) is 26.2 Å². The lowest BCUT2D eigenvalue weighted by Crippen LogP contribution is -2.43. The molecule has 0 aliphatic carbocycles. The molecule has 2 amide bonds. The predicted octanol–water partition coefficient (Wildman–Crippen LogP) is 2.95. The minimum Gasteiger partial charge on any atom is -0.342 e. The van der Waals surface area contributed by atoms with Crippen molar-refractivity contribution in [3.05, 3.63) is 29.3 Å². The van der Waals surface area contributed by atoms with Crippen LogP contribution in [-0.2, 0) is 9.59 Å². The zero-order valence-corrected chi connectivity index (χ0v) is 13.6. The number of nitrogens with zero attached hydrogens (tertiary/aromatic N) is 2. The number of piperidine rings is 1. The Morgan fingerprint density at radius 2 is 1.95 bits per heavy atom. The molecule has 2 atom stereocenters. The quantitative estimate of drug-likeness (QED) is 0.840. The number of hydrogen-bond acceptors (Lipinski definition) is 2. The third-order valence-electron chi connectivity index (χ3n) is 4.58. The maximum atomic E-state index is 12.6. The molecule has 0 unspecified atom stereocenters. The van der Waals surface area contributed by atoms with E-state index < -0.39 is 0 Å². The second kappa shape index (κ2) is 6.29. The van der Waals surface area contributed by atoms with Gasteiger partial charge in [0, 0.05) is 36.8 Å². The fraction of sp³-hybridized carbons (Fsp3) is 0.529. The molecule has 4 nitrogen and oxygen atoms in total. The lowest BCUT2D eigenvalue weighted by atomic mass is 9.98. The Balaban J connectivity index is 1.68. The first-order chi connectivity index (χ1) is 10.5. The largest absolute Gasteiger partial charge is 0.342 e. The molecule has 118 valence electrons. The van der Waals surface area contributed by atoms with Crippen LogP contribution in [0.2, 0.25) is 5.02 Å². The van der Waals surface area contributed by atoms with Gasteiger partial charge >= 0.3 is 0 Å². The molecule has 22 heavy (non-hydrogen) atoms. The van der Waals surface area contributed by atoms with Crippen molar-refractivity contribution in [2.75, 3.05) is 24.5 Å². The van der Waals surface area contributed by atoms with Gasteiger partial charge < -0.3 is 9.80 Å². The Morgan fingerprint density at radius 1 is 1.23 bits per heavy atom. The highest BCUT2D eigenvalue weighted by Gasteiger charge is 2.37. The topological polar surface area (TPSA) is 40.6 Å². The maximum absolute atomic E-state index is 12.6. The van der Waals surface area contributed by atoms with Gasteiger partial charge in [0.15, 0.2) is 0 Å². The first-order valence-corrected chi connectivity index (χ1v) is 8.27. The summed E-state index contributed by atoms with van der Waals surface area (Å²) in [6, 6.07) is 7.20.